The molecule has 0 radical (unpaired) electrons. The lowest BCUT2D eigenvalue weighted by Gasteiger charge is -2.10. The van der Waals surface area contributed by atoms with Gasteiger partial charge in [-0.15, -0.1) is 0 Å². The van der Waals surface area contributed by atoms with Crippen LogP contribution in [0.4, 0.5) is 0 Å². The van der Waals surface area contributed by atoms with Crippen LogP contribution in [0, 0.1) is 0 Å². The van der Waals surface area contributed by atoms with E-state index in [0.717, 1.165) is 0 Å². The number of benzene rings is 1. The highest BCUT2D eigenvalue weighted by molar-refractivity contribution is 9.10. The van der Waals surface area contributed by atoms with Crippen molar-refractivity contribution in [1.29, 1.82) is 0 Å². The summed E-state index contributed by atoms with van der Waals surface area (Å²) in [4.78, 5) is 12.3. The van der Waals surface area contributed by atoms with E-state index < -0.39 is 0 Å². The summed E-state index contributed by atoms with van der Waals surface area (Å²) < 4.78 is 16.0. The quantitative estimate of drug-likeness (QED) is 0.813. The number of ether oxygens (including phenoxy) is 2. The molecule has 0 spiro atoms. The highest BCUT2D eigenvalue weighted by Crippen LogP contribution is 2.34. The molecule has 2 rings (SSSR count). The lowest BCUT2D eigenvalue weighted by Crippen LogP contribution is -2.04. The Balaban J connectivity index is 2.53. The molecule has 0 aliphatic heterocycles. The van der Waals surface area contributed by atoms with Gasteiger partial charge < -0.3 is 13.9 Å². The molecule has 1 aromatic heterocycles. The van der Waals surface area contributed by atoms with E-state index in [2.05, 4.69) is 15.9 Å². The fourth-order valence-electron chi connectivity index (χ4n) is 1.59. The maximum Gasteiger partial charge on any atom is 0.233 e. The third kappa shape index (κ3) is 2.26. The SMILES string of the molecule is COc1cc(Br)c(C(=O)c2ccco2)c(OC)c1. The van der Waals surface area contributed by atoms with Crippen molar-refractivity contribution in [3.8, 4) is 11.5 Å². The van der Waals surface area contributed by atoms with Gasteiger partial charge in [-0.05, 0) is 34.1 Å². The van der Waals surface area contributed by atoms with Crippen LogP contribution in [-0.4, -0.2) is 20.0 Å². The third-order valence-corrected chi connectivity index (χ3v) is 3.08. The molecule has 0 N–H and O–H groups in total. The van der Waals surface area contributed by atoms with E-state index in [1.54, 1.807) is 31.4 Å². The number of hydrogen-bond donors (Lipinski definition) is 0. The van der Waals surface area contributed by atoms with Crippen LogP contribution in [0.15, 0.2) is 39.4 Å². The molecule has 0 unspecified atom stereocenters. The minimum Gasteiger partial charge on any atom is -0.497 e. The number of methoxy groups -OCH3 is 2. The molecule has 2 aromatic rings. The van der Waals surface area contributed by atoms with E-state index in [1.165, 1.54) is 13.4 Å². The molecular weight excluding hydrogens is 300 g/mol. The standard InChI is InChI=1S/C13H11BrO4/c1-16-8-6-9(14)12(11(7-8)17-2)13(15)10-4-3-5-18-10/h3-7H,1-2H3. The molecule has 4 nitrogen and oxygen atoms in total. The second kappa shape index (κ2) is 5.27. The van der Waals surface area contributed by atoms with Crippen molar-refractivity contribution in [2.45, 2.75) is 0 Å². The Morgan fingerprint density at radius 3 is 2.61 bits per heavy atom. The molecule has 0 amide bonds. The Morgan fingerprint density at radius 1 is 1.28 bits per heavy atom. The molecule has 1 aromatic carbocycles. The molecule has 0 bridgehead atoms. The molecule has 0 saturated carbocycles. The van der Waals surface area contributed by atoms with Crippen molar-refractivity contribution in [3.63, 3.8) is 0 Å². The van der Waals surface area contributed by atoms with E-state index in [4.69, 9.17) is 13.9 Å². The van der Waals surface area contributed by atoms with Crippen molar-refractivity contribution in [1.82, 2.24) is 0 Å². The summed E-state index contributed by atoms with van der Waals surface area (Å²) >= 11 is 3.34. The first-order valence-corrected chi connectivity index (χ1v) is 5.96. The fraction of sp³-hybridized carbons (Fsp3) is 0.154. The van der Waals surface area contributed by atoms with Crippen LogP contribution in [0.5, 0.6) is 11.5 Å². The van der Waals surface area contributed by atoms with Gasteiger partial charge in [0, 0.05) is 10.5 Å². The largest absolute Gasteiger partial charge is 0.497 e. The van der Waals surface area contributed by atoms with Gasteiger partial charge in [0.15, 0.2) is 5.76 Å². The smallest absolute Gasteiger partial charge is 0.233 e. The molecule has 0 saturated heterocycles. The predicted octanol–water partition coefficient (Wildman–Crippen LogP) is 3.29. The van der Waals surface area contributed by atoms with Crippen molar-refractivity contribution in [3.05, 3.63) is 46.3 Å². The normalized spacial score (nSPS) is 10.2. The predicted molar refractivity (Wildman–Crippen MR) is 69.4 cm³/mol. The molecular formula is C13H11BrO4. The van der Waals surface area contributed by atoms with Gasteiger partial charge in [0.1, 0.15) is 11.5 Å². The summed E-state index contributed by atoms with van der Waals surface area (Å²) in [6, 6.07) is 6.63. The number of carbonyl (C=O) groups excluding carboxylic acids is 1. The van der Waals surface area contributed by atoms with Crippen molar-refractivity contribution in [2.75, 3.05) is 14.2 Å². The van der Waals surface area contributed by atoms with Crippen LogP contribution in [0.25, 0.3) is 0 Å². The Kier molecular flexibility index (Phi) is 3.72. The zero-order chi connectivity index (χ0) is 13.1. The van der Waals surface area contributed by atoms with Gasteiger partial charge in [-0.3, -0.25) is 4.79 Å². The van der Waals surface area contributed by atoms with Crippen LogP contribution >= 0.6 is 15.9 Å². The summed E-state index contributed by atoms with van der Waals surface area (Å²) in [5.41, 5.74) is 0.410. The molecule has 0 atom stereocenters. The first-order chi connectivity index (χ1) is 8.67. The van der Waals surface area contributed by atoms with Crippen LogP contribution in [0.1, 0.15) is 16.1 Å². The monoisotopic (exact) mass is 310 g/mol. The topological polar surface area (TPSA) is 48.7 Å². The molecule has 18 heavy (non-hydrogen) atoms. The van der Waals surface area contributed by atoms with Gasteiger partial charge in [-0.25, -0.2) is 0 Å². The van der Waals surface area contributed by atoms with Gasteiger partial charge in [0.2, 0.25) is 5.78 Å². The Hall–Kier alpha value is -1.75. The number of hydrogen-bond acceptors (Lipinski definition) is 4. The zero-order valence-electron chi connectivity index (χ0n) is 9.90. The Labute approximate surface area is 113 Å². The minimum absolute atomic E-state index is 0.244. The summed E-state index contributed by atoms with van der Waals surface area (Å²) in [5.74, 6) is 1.06. The average molecular weight is 311 g/mol. The Bertz CT molecular complexity index is 561. The number of carbonyl (C=O) groups is 1. The second-order valence-corrected chi connectivity index (χ2v) is 4.35. The zero-order valence-corrected chi connectivity index (χ0v) is 11.5. The average Bonchev–Trinajstić information content (AvgIpc) is 2.90. The highest BCUT2D eigenvalue weighted by Gasteiger charge is 2.21. The van der Waals surface area contributed by atoms with Gasteiger partial charge >= 0.3 is 0 Å². The summed E-state index contributed by atoms with van der Waals surface area (Å²) in [6.07, 6.45) is 1.46. The minimum atomic E-state index is -0.244. The molecule has 94 valence electrons. The second-order valence-electron chi connectivity index (χ2n) is 3.49. The number of rotatable bonds is 4. The van der Waals surface area contributed by atoms with E-state index >= 15 is 0 Å². The van der Waals surface area contributed by atoms with Gasteiger partial charge in [-0.1, -0.05) is 0 Å². The van der Waals surface area contributed by atoms with Crippen molar-refractivity contribution < 1.29 is 18.7 Å². The van der Waals surface area contributed by atoms with Gasteiger partial charge in [-0.2, -0.15) is 0 Å². The van der Waals surface area contributed by atoms with E-state index in [9.17, 15) is 4.79 Å². The first-order valence-electron chi connectivity index (χ1n) is 5.17. The van der Waals surface area contributed by atoms with Crippen LogP contribution in [0.3, 0.4) is 0 Å². The van der Waals surface area contributed by atoms with Crippen LogP contribution in [0.2, 0.25) is 0 Å². The number of ketones is 1. The number of furan rings is 1. The van der Waals surface area contributed by atoms with Crippen molar-refractivity contribution >= 4 is 21.7 Å². The van der Waals surface area contributed by atoms with Crippen LogP contribution < -0.4 is 9.47 Å². The Morgan fingerprint density at radius 2 is 2.06 bits per heavy atom. The number of halogens is 1. The lowest BCUT2D eigenvalue weighted by atomic mass is 10.1. The molecule has 0 aliphatic rings. The molecule has 0 fully saturated rings. The lowest BCUT2D eigenvalue weighted by molar-refractivity contribution is 0.101. The van der Waals surface area contributed by atoms with E-state index in [0.29, 0.717) is 21.5 Å². The fourth-order valence-corrected chi connectivity index (χ4v) is 2.19. The third-order valence-electron chi connectivity index (χ3n) is 2.46. The highest BCUT2D eigenvalue weighted by atomic mass is 79.9. The van der Waals surface area contributed by atoms with E-state index in [1.807, 2.05) is 0 Å². The maximum absolute atomic E-state index is 12.3. The van der Waals surface area contributed by atoms with Gasteiger partial charge in [0.25, 0.3) is 0 Å². The van der Waals surface area contributed by atoms with E-state index in [-0.39, 0.29) is 11.5 Å². The van der Waals surface area contributed by atoms with Crippen molar-refractivity contribution in [2.24, 2.45) is 0 Å². The first kappa shape index (κ1) is 12.7. The summed E-state index contributed by atoms with van der Waals surface area (Å²) in [6.45, 7) is 0. The maximum atomic E-state index is 12.3. The molecule has 1 heterocycles. The molecule has 5 heteroatoms. The van der Waals surface area contributed by atoms with Gasteiger partial charge in [0.05, 0.1) is 26.0 Å². The summed E-state index contributed by atoms with van der Waals surface area (Å²) in [7, 11) is 3.05. The molecule has 0 aliphatic carbocycles. The van der Waals surface area contributed by atoms with Crippen LogP contribution in [-0.2, 0) is 0 Å². The summed E-state index contributed by atoms with van der Waals surface area (Å²) in [5, 5.41) is 0.